The van der Waals surface area contributed by atoms with E-state index in [4.69, 9.17) is 4.74 Å². The fourth-order valence-electron chi connectivity index (χ4n) is 2.79. The predicted octanol–water partition coefficient (Wildman–Crippen LogP) is 6.19. The van der Waals surface area contributed by atoms with Gasteiger partial charge in [-0.25, -0.2) is 0 Å². The summed E-state index contributed by atoms with van der Waals surface area (Å²) < 4.78 is 6.54. The summed E-state index contributed by atoms with van der Waals surface area (Å²) in [5.41, 5.74) is 1.39. The van der Waals surface area contributed by atoms with Gasteiger partial charge in [-0.1, -0.05) is 26.2 Å². The highest BCUT2D eigenvalue weighted by atomic mass is 79.9. The molecule has 0 aliphatic carbocycles. The molecule has 0 heterocycles. The van der Waals surface area contributed by atoms with Crippen LogP contribution in [-0.4, -0.2) is 24.0 Å². The fraction of sp³-hybridized carbons (Fsp3) is 0.417. The second kappa shape index (κ2) is 11.2. The number of ether oxygens (including phenoxy) is 1. The molecule has 2 N–H and O–H groups in total. The van der Waals surface area contributed by atoms with Crippen LogP contribution in [0.5, 0.6) is 5.75 Å². The van der Waals surface area contributed by atoms with Crippen molar-refractivity contribution in [3.8, 4) is 5.75 Å². The molecule has 0 aliphatic heterocycles. The Hall–Kier alpha value is -2.34. The molecule has 0 bridgehead atoms. The van der Waals surface area contributed by atoms with E-state index in [9.17, 15) is 9.59 Å². The SMILES string of the molecule is CCCCCCOc1ccc(C(=O)Nc2ccc(C(=O)NC(C)(C)C)cc2)cc1Br. The van der Waals surface area contributed by atoms with Crippen molar-refractivity contribution < 1.29 is 14.3 Å². The molecule has 0 unspecified atom stereocenters. The van der Waals surface area contributed by atoms with Crippen molar-refractivity contribution >= 4 is 33.4 Å². The van der Waals surface area contributed by atoms with E-state index in [0.717, 1.165) is 23.1 Å². The number of unbranched alkanes of at least 4 members (excludes halogenated alkanes) is 3. The Morgan fingerprint density at radius 1 is 0.933 bits per heavy atom. The quantitative estimate of drug-likeness (QED) is 0.425. The van der Waals surface area contributed by atoms with Crippen molar-refractivity contribution in [1.82, 2.24) is 5.32 Å². The molecule has 2 rings (SSSR count). The number of carbonyl (C=O) groups excluding carboxylic acids is 2. The maximum Gasteiger partial charge on any atom is 0.255 e. The van der Waals surface area contributed by atoms with E-state index in [1.54, 1.807) is 42.5 Å². The van der Waals surface area contributed by atoms with Crippen LogP contribution in [0.1, 0.15) is 74.1 Å². The van der Waals surface area contributed by atoms with Crippen LogP contribution in [0.3, 0.4) is 0 Å². The van der Waals surface area contributed by atoms with E-state index in [2.05, 4.69) is 33.5 Å². The zero-order chi connectivity index (χ0) is 22.1. The number of benzene rings is 2. The first kappa shape index (κ1) is 23.9. The Kier molecular flexibility index (Phi) is 8.90. The van der Waals surface area contributed by atoms with Gasteiger partial charge in [0, 0.05) is 22.4 Å². The van der Waals surface area contributed by atoms with Crippen LogP contribution in [-0.2, 0) is 0 Å². The van der Waals surface area contributed by atoms with Gasteiger partial charge < -0.3 is 15.4 Å². The van der Waals surface area contributed by atoms with Crippen LogP contribution in [0.25, 0.3) is 0 Å². The number of hydrogen-bond acceptors (Lipinski definition) is 3. The lowest BCUT2D eigenvalue weighted by Gasteiger charge is -2.20. The van der Waals surface area contributed by atoms with Gasteiger partial charge in [0.25, 0.3) is 11.8 Å². The number of anilines is 1. The highest BCUT2D eigenvalue weighted by molar-refractivity contribution is 9.10. The maximum atomic E-state index is 12.6. The summed E-state index contributed by atoms with van der Waals surface area (Å²) in [7, 11) is 0. The molecule has 0 aliphatic rings. The van der Waals surface area contributed by atoms with Gasteiger partial charge in [0.1, 0.15) is 5.75 Å². The van der Waals surface area contributed by atoms with Gasteiger partial charge in [-0.15, -0.1) is 0 Å². The number of carbonyl (C=O) groups is 2. The first-order chi connectivity index (χ1) is 14.2. The molecule has 0 atom stereocenters. The number of hydrogen-bond donors (Lipinski definition) is 2. The lowest BCUT2D eigenvalue weighted by atomic mass is 10.1. The maximum absolute atomic E-state index is 12.6. The molecule has 6 heteroatoms. The average Bonchev–Trinajstić information content (AvgIpc) is 2.68. The van der Waals surface area contributed by atoms with E-state index in [1.165, 1.54) is 12.8 Å². The van der Waals surface area contributed by atoms with Gasteiger partial charge in [0.05, 0.1) is 11.1 Å². The minimum absolute atomic E-state index is 0.144. The van der Waals surface area contributed by atoms with Crippen LogP contribution in [0.2, 0.25) is 0 Å². The number of halogens is 1. The predicted molar refractivity (Wildman–Crippen MR) is 125 cm³/mol. The monoisotopic (exact) mass is 474 g/mol. The Morgan fingerprint density at radius 3 is 2.20 bits per heavy atom. The molecule has 0 aromatic heterocycles. The van der Waals surface area contributed by atoms with Gasteiger partial charge in [-0.2, -0.15) is 0 Å². The Bertz CT molecular complexity index is 858. The van der Waals surface area contributed by atoms with Gasteiger partial charge >= 0.3 is 0 Å². The third-order valence-corrected chi connectivity index (χ3v) is 4.96. The molecule has 0 spiro atoms. The molecule has 2 aromatic carbocycles. The summed E-state index contributed by atoms with van der Waals surface area (Å²) in [5, 5.41) is 5.77. The summed E-state index contributed by atoms with van der Waals surface area (Å²) in [4.78, 5) is 24.8. The molecule has 5 nitrogen and oxygen atoms in total. The fourth-order valence-corrected chi connectivity index (χ4v) is 3.28. The van der Waals surface area contributed by atoms with Crippen LogP contribution < -0.4 is 15.4 Å². The topological polar surface area (TPSA) is 67.4 Å². The average molecular weight is 475 g/mol. The molecule has 0 saturated heterocycles. The van der Waals surface area contributed by atoms with Crippen molar-refractivity contribution in [2.45, 2.75) is 58.9 Å². The van der Waals surface area contributed by atoms with Gasteiger partial charge in [0.2, 0.25) is 0 Å². The zero-order valence-electron chi connectivity index (χ0n) is 18.2. The third-order valence-electron chi connectivity index (χ3n) is 4.34. The van der Waals surface area contributed by atoms with E-state index >= 15 is 0 Å². The first-order valence-electron chi connectivity index (χ1n) is 10.4. The van der Waals surface area contributed by atoms with Crippen molar-refractivity contribution in [1.29, 1.82) is 0 Å². The Morgan fingerprint density at radius 2 is 1.60 bits per heavy atom. The second-order valence-corrected chi connectivity index (χ2v) is 9.14. The number of nitrogens with one attached hydrogen (secondary N) is 2. The second-order valence-electron chi connectivity index (χ2n) is 8.29. The van der Waals surface area contributed by atoms with E-state index in [-0.39, 0.29) is 17.4 Å². The molecule has 162 valence electrons. The standard InChI is InChI=1S/C24H31BrN2O3/c1-5-6-7-8-15-30-21-14-11-18(16-20(21)25)22(28)26-19-12-9-17(10-13-19)23(29)27-24(2,3)4/h9-14,16H,5-8,15H2,1-4H3,(H,26,28)(H,27,29). The lowest BCUT2D eigenvalue weighted by Crippen LogP contribution is -2.40. The van der Waals surface area contributed by atoms with Crippen LogP contribution in [0.15, 0.2) is 46.9 Å². The van der Waals surface area contributed by atoms with Crippen molar-refractivity contribution in [3.63, 3.8) is 0 Å². The van der Waals surface area contributed by atoms with E-state index in [1.807, 2.05) is 20.8 Å². The molecular formula is C24H31BrN2O3. The summed E-state index contributed by atoms with van der Waals surface area (Å²) >= 11 is 3.48. The molecule has 30 heavy (non-hydrogen) atoms. The van der Waals surface area contributed by atoms with Crippen LogP contribution in [0.4, 0.5) is 5.69 Å². The van der Waals surface area contributed by atoms with Crippen LogP contribution >= 0.6 is 15.9 Å². The van der Waals surface area contributed by atoms with Crippen molar-refractivity contribution in [2.24, 2.45) is 0 Å². The zero-order valence-corrected chi connectivity index (χ0v) is 19.8. The summed E-state index contributed by atoms with van der Waals surface area (Å²) in [6.45, 7) is 8.64. The normalized spacial score (nSPS) is 11.1. The summed E-state index contributed by atoms with van der Waals surface area (Å²) in [5.74, 6) is 0.365. The minimum atomic E-state index is -0.303. The van der Waals surface area contributed by atoms with Crippen LogP contribution in [0, 0.1) is 0 Å². The summed E-state index contributed by atoms with van der Waals surface area (Å²) in [6.07, 6.45) is 4.59. The van der Waals surface area contributed by atoms with Gasteiger partial charge in [-0.05, 0) is 85.6 Å². The van der Waals surface area contributed by atoms with E-state index in [0.29, 0.717) is 23.4 Å². The lowest BCUT2D eigenvalue weighted by molar-refractivity contribution is 0.0919. The molecule has 2 aromatic rings. The van der Waals surface area contributed by atoms with Gasteiger partial charge in [0.15, 0.2) is 0 Å². The Balaban J connectivity index is 1.94. The number of amides is 2. The Labute approximate surface area is 187 Å². The van der Waals surface area contributed by atoms with Crippen molar-refractivity contribution in [2.75, 3.05) is 11.9 Å². The van der Waals surface area contributed by atoms with Crippen molar-refractivity contribution in [3.05, 3.63) is 58.1 Å². The number of rotatable bonds is 9. The van der Waals surface area contributed by atoms with E-state index < -0.39 is 0 Å². The molecule has 0 radical (unpaired) electrons. The molecule has 2 amide bonds. The third kappa shape index (κ3) is 7.82. The largest absolute Gasteiger partial charge is 0.492 e. The smallest absolute Gasteiger partial charge is 0.255 e. The van der Waals surface area contributed by atoms with Gasteiger partial charge in [-0.3, -0.25) is 9.59 Å². The minimum Gasteiger partial charge on any atom is -0.492 e. The highest BCUT2D eigenvalue weighted by Crippen LogP contribution is 2.27. The highest BCUT2D eigenvalue weighted by Gasteiger charge is 2.15. The molecule has 0 fully saturated rings. The molecular weight excluding hydrogens is 444 g/mol. The first-order valence-corrected chi connectivity index (χ1v) is 11.1. The summed E-state index contributed by atoms with van der Waals surface area (Å²) in [6, 6.07) is 12.1. The molecule has 0 saturated carbocycles.